The summed E-state index contributed by atoms with van der Waals surface area (Å²) >= 11 is 0. The van der Waals surface area contributed by atoms with Crippen LogP contribution in [0.15, 0.2) is 54.6 Å². The van der Waals surface area contributed by atoms with E-state index in [1.807, 2.05) is 30.3 Å². The molecule has 2 aliphatic heterocycles. The summed E-state index contributed by atoms with van der Waals surface area (Å²) in [7, 11) is 0. The predicted molar refractivity (Wildman–Crippen MR) is 113 cm³/mol. The number of benzene rings is 2. The van der Waals surface area contributed by atoms with Crippen LogP contribution in [0.25, 0.3) is 0 Å². The first-order chi connectivity index (χ1) is 15.0. The Bertz CT molecular complexity index is 958. The van der Waals surface area contributed by atoms with Crippen molar-refractivity contribution in [2.24, 2.45) is 5.92 Å². The first-order valence-corrected chi connectivity index (χ1v) is 10.7. The number of likely N-dealkylation sites (tertiary alicyclic amines) is 2. The quantitative estimate of drug-likeness (QED) is 0.804. The van der Waals surface area contributed by atoms with Gasteiger partial charge in [-0.25, -0.2) is 4.39 Å². The van der Waals surface area contributed by atoms with E-state index in [-0.39, 0.29) is 36.1 Å². The highest BCUT2D eigenvalue weighted by Crippen LogP contribution is 2.22. The van der Waals surface area contributed by atoms with Crippen molar-refractivity contribution in [2.45, 2.75) is 31.8 Å². The van der Waals surface area contributed by atoms with Gasteiger partial charge in [0.05, 0.1) is 5.92 Å². The van der Waals surface area contributed by atoms with Gasteiger partial charge in [-0.2, -0.15) is 0 Å². The summed E-state index contributed by atoms with van der Waals surface area (Å²) in [6, 6.07) is 15.4. The van der Waals surface area contributed by atoms with Crippen molar-refractivity contribution in [3.63, 3.8) is 0 Å². The van der Waals surface area contributed by atoms with Crippen LogP contribution in [0.4, 0.5) is 4.39 Å². The van der Waals surface area contributed by atoms with Crippen molar-refractivity contribution in [1.29, 1.82) is 0 Å². The Morgan fingerprint density at radius 2 is 1.77 bits per heavy atom. The minimum atomic E-state index is -0.430. The third kappa shape index (κ3) is 5.10. The second-order valence-electron chi connectivity index (χ2n) is 8.25. The van der Waals surface area contributed by atoms with Crippen molar-refractivity contribution < 1.29 is 18.8 Å². The Balaban J connectivity index is 1.25. The van der Waals surface area contributed by atoms with E-state index in [1.165, 1.54) is 18.2 Å². The monoisotopic (exact) mass is 423 g/mol. The van der Waals surface area contributed by atoms with Gasteiger partial charge in [-0.15, -0.1) is 0 Å². The zero-order valence-corrected chi connectivity index (χ0v) is 17.3. The van der Waals surface area contributed by atoms with Crippen LogP contribution in [0, 0.1) is 11.7 Å². The molecule has 4 rings (SSSR count). The summed E-state index contributed by atoms with van der Waals surface area (Å²) in [4.78, 5) is 41.0. The van der Waals surface area contributed by atoms with E-state index in [2.05, 4.69) is 5.32 Å². The molecular formula is C24H26FN3O3. The molecule has 7 heteroatoms. The number of piperidine rings is 1. The lowest BCUT2D eigenvalue weighted by atomic mass is 10.0. The molecule has 1 atom stereocenters. The Kier molecular flexibility index (Phi) is 6.30. The van der Waals surface area contributed by atoms with Crippen molar-refractivity contribution in [3.8, 4) is 0 Å². The third-order valence-electron chi connectivity index (χ3n) is 6.00. The number of amides is 3. The Morgan fingerprint density at radius 3 is 2.48 bits per heavy atom. The first kappa shape index (κ1) is 21.0. The van der Waals surface area contributed by atoms with Gasteiger partial charge in [-0.3, -0.25) is 14.4 Å². The van der Waals surface area contributed by atoms with Gasteiger partial charge in [0.25, 0.3) is 5.91 Å². The second-order valence-corrected chi connectivity index (χ2v) is 8.25. The summed E-state index contributed by atoms with van der Waals surface area (Å²) in [6.45, 7) is 1.95. The van der Waals surface area contributed by atoms with Crippen LogP contribution >= 0.6 is 0 Å². The van der Waals surface area contributed by atoms with Crippen LogP contribution in [0.5, 0.6) is 0 Å². The fraction of sp³-hybridized carbons (Fsp3) is 0.375. The lowest BCUT2D eigenvalue weighted by molar-refractivity contribution is -0.129. The number of hydrogen-bond donors (Lipinski definition) is 1. The molecule has 2 fully saturated rings. The standard InChI is InChI=1S/C24H26FN3O3/c25-20-8-4-7-18(13-20)24(31)27-11-9-21(10-12-27)26-23(30)19-14-22(29)28(16-19)15-17-5-2-1-3-6-17/h1-8,13,19,21H,9-12,14-16H2,(H,26,30). The smallest absolute Gasteiger partial charge is 0.253 e. The normalized spacial score (nSPS) is 19.5. The molecule has 0 saturated carbocycles. The van der Waals surface area contributed by atoms with E-state index in [0.29, 0.717) is 44.6 Å². The Hall–Kier alpha value is -3.22. The summed E-state index contributed by atoms with van der Waals surface area (Å²) in [5, 5.41) is 3.06. The molecule has 2 aliphatic rings. The van der Waals surface area contributed by atoms with Crippen LogP contribution in [0.2, 0.25) is 0 Å². The molecule has 31 heavy (non-hydrogen) atoms. The molecule has 2 heterocycles. The molecule has 1 N–H and O–H groups in total. The number of halogens is 1. The highest BCUT2D eigenvalue weighted by molar-refractivity contribution is 5.94. The first-order valence-electron chi connectivity index (χ1n) is 10.7. The van der Waals surface area contributed by atoms with Crippen LogP contribution in [-0.4, -0.2) is 53.2 Å². The summed E-state index contributed by atoms with van der Waals surface area (Å²) in [5.74, 6) is -1.07. The van der Waals surface area contributed by atoms with E-state index >= 15 is 0 Å². The highest BCUT2D eigenvalue weighted by atomic mass is 19.1. The zero-order valence-electron chi connectivity index (χ0n) is 17.3. The van der Waals surface area contributed by atoms with Crippen LogP contribution in [0.1, 0.15) is 35.2 Å². The number of carbonyl (C=O) groups excluding carboxylic acids is 3. The van der Waals surface area contributed by atoms with E-state index in [1.54, 1.807) is 15.9 Å². The summed E-state index contributed by atoms with van der Waals surface area (Å²) in [5.41, 5.74) is 1.39. The maximum absolute atomic E-state index is 13.4. The van der Waals surface area contributed by atoms with Gasteiger partial charge >= 0.3 is 0 Å². The molecule has 0 aliphatic carbocycles. The van der Waals surface area contributed by atoms with Gasteiger partial charge in [-0.05, 0) is 36.6 Å². The van der Waals surface area contributed by atoms with Gasteiger partial charge in [0.15, 0.2) is 0 Å². The number of hydrogen-bond acceptors (Lipinski definition) is 3. The average Bonchev–Trinajstić information content (AvgIpc) is 3.15. The van der Waals surface area contributed by atoms with Gasteiger partial charge in [0, 0.05) is 44.2 Å². The SMILES string of the molecule is O=C(NC1CCN(C(=O)c2cccc(F)c2)CC1)C1CC(=O)N(Cc2ccccc2)C1. The second kappa shape index (κ2) is 9.29. The predicted octanol–water partition coefficient (Wildman–Crippen LogP) is 2.60. The summed E-state index contributed by atoms with van der Waals surface area (Å²) in [6.07, 6.45) is 1.51. The topological polar surface area (TPSA) is 69.7 Å². The number of rotatable bonds is 5. The molecule has 162 valence electrons. The van der Waals surface area contributed by atoms with Crippen LogP contribution in [0.3, 0.4) is 0 Å². The van der Waals surface area contributed by atoms with Crippen molar-refractivity contribution >= 4 is 17.7 Å². The fourth-order valence-corrected chi connectivity index (χ4v) is 4.25. The van der Waals surface area contributed by atoms with E-state index in [0.717, 1.165) is 5.56 Å². The van der Waals surface area contributed by atoms with Crippen molar-refractivity contribution in [3.05, 3.63) is 71.5 Å². The van der Waals surface area contributed by atoms with Gasteiger partial charge in [-0.1, -0.05) is 36.4 Å². The molecular weight excluding hydrogens is 397 g/mol. The number of nitrogens with one attached hydrogen (secondary N) is 1. The van der Waals surface area contributed by atoms with E-state index in [9.17, 15) is 18.8 Å². The maximum Gasteiger partial charge on any atom is 0.253 e. The van der Waals surface area contributed by atoms with Crippen molar-refractivity contribution in [2.75, 3.05) is 19.6 Å². The molecule has 3 amide bonds. The molecule has 2 aromatic carbocycles. The summed E-state index contributed by atoms with van der Waals surface area (Å²) < 4.78 is 13.4. The largest absolute Gasteiger partial charge is 0.353 e. The van der Waals surface area contributed by atoms with Crippen LogP contribution < -0.4 is 5.32 Å². The lowest BCUT2D eigenvalue weighted by Crippen LogP contribution is -2.48. The Morgan fingerprint density at radius 1 is 1.03 bits per heavy atom. The zero-order chi connectivity index (χ0) is 21.8. The Labute approximate surface area is 181 Å². The highest BCUT2D eigenvalue weighted by Gasteiger charge is 2.35. The number of carbonyl (C=O) groups is 3. The van der Waals surface area contributed by atoms with Gasteiger partial charge in [0.2, 0.25) is 11.8 Å². The minimum Gasteiger partial charge on any atom is -0.353 e. The molecule has 0 bridgehead atoms. The molecule has 6 nitrogen and oxygen atoms in total. The van der Waals surface area contributed by atoms with E-state index < -0.39 is 5.82 Å². The minimum absolute atomic E-state index is 0.000452. The third-order valence-corrected chi connectivity index (χ3v) is 6.00. The van der Waals surface area contributed by atoms with Gasteiger partial charge < -0.3 is 15.1 Å². The van der Waals surface area contributed by atoms with E-state index in [4.69, 9.17) is 0 Å². The van der Waals surface area contributed by atoms with Gasteiger partial charge in [0.1, 0.15) is 5.82 Å². The molecule has 0 spiro atoms. The van der Waals surface area contributed by atoms with Crippen LogP contribution in [-0.2, 0) is 16.1 Å². The molecule has 2 saturated heterocycles. The average molecular weight is 423 g/mol. The lowest BCUT2D eigenvalue weighted by Gasteiger charge is -2.33. The molecule has 0 radical (unpaired) electrons. The maximum atomic E-state index is 13.4. The molecule has 1 unspecified atom stereocenters. The fourth-order valence-electron chi connectivity index (χ4n) is 4.25. The molecule has 2 aromatic rings. The molecule has 0 aromatic heterocycles. The number of nitrogens with zero attached hydrogens (tertiary/aromatic N) is 2. The van der Waals surface area contributed by atoms with Crippen molar-refractivity contribution in [1.82, 2.24) is 15.1 Å².